The summed E-state index contributed by atoms with van der Waals surface area (Å²) in [7, 11) is 0. The molecule has 0 spiro atoms. The van der Waals surface area contributed by atoms with Gasteiger partial charge in [0.1, 0.15) is 0 Å². The molecular formula is C15H10N3O+. The molecule has 3 aromatic rings. The molecule has 0 atom stereocenters. The van der Waals surface area contributed by atoms with E-state index in [2.05, 4.69) is 10.1 Å². The summed E-state index contributed by atoms with van der Waals surface area (Å²) >= 11 is 0. The van der Waals surface area contributed by atoms with Crippen LogP contribution in [0.1, 0.15) is 5.82 Å². The maximum Gasteiger partial charge on any atom is 0.599 e. The molecule has 0 saturated carbocycles. The number of aromatic nitrogens is 3. The minimum Gasteiger partial charge on any atom is -0.208 e. The molecule has 90 valence electrons. The Morgan fingerprint density at radius 2 is 1.53 bits per heavy atom. The highest BCUT2D eigenvalue weighted by atomic mass is 16.1. The Bertz CT molecular complexity index is 633. The molecule has 0 bridgehead atoms. The average molecular weight is 248 g/mol. The fourth-order valence-electron chi connectivity index (χ4n) is 1.88. The molecule has 4 nitrogen and oxygen atoms in total. The van der Waals surface area contributed by atoms with Crippen molar-refractivity contribution in [2.45, 2.75) is 0 Å². The lowest BCUT2D eigenvalue weighted by atomic mass is 10.2. The summed E-state index contributed by atoms with van der Waals surface area (Å²) in [4.78, 5) is 15.0. The zero-order valence-electron chi connectivity index (χ0n) is 10.0. The zero-order chi connectivity index (χ0) is 13.1. The summed E-state index contributed by atoms with van der Waals surface area (Å²) in [6.45, 7) is 0. The molecule has 1 aromatic heterocycles. The van der Waals surface area contributed by atoms with E-state index in [1.54, 1.807) is 11.0 Å². The number of rotatable bonds is 3. The number of nitrogens with zero attached hydrogens (tertiary/aromatic N) is 3. The van der Waals surface area contributed by atoms with E-state index in [9.17, 15) is 4.79 Å². The van der Waals surface area contributed by atoms with Crippen LogP contribution < -0.4 is 0 Å². The second kappa shape index (κ2) is 4.80. The average Bonchev–Trinajstić information content (AvgIpc) is 2.93. The molecule has 0 radical (unpaired) electrons. The molecule has 4 heteroatoms. The first-order valence-electron chi connectivity index (χ1n) is 5.84. The molecular weight excluding hydrogens is 238 g/mol. The minimum absolute atomic E-state index is 0.0581. The molecule has 0 N–H and O–H groups in total. The highest BCUT2D eigenvalue weighted by molar-refractivity contribution is 5.71. The predicted molar refractivity (Wildman–Crippen MR) is 71.6 cm³/mol. The lowest BCUT2D eigenvalue weighted by Crippen LogP contribution is -1.99. The van der Waals surface area contributed by atoms with E-state index >= 15 is 0 Å². The number of benzene rings is 2. The fraction of sp³-hybridized carbons (Fsp3) is 0. The van der Waals surface area contributed by atoms with Crippen LogP contribution in [-0.2, 0) is 4.79 Å². The molecule has 0 fully saturated rings. The Hall–Kier alpha value is -2.84. The van der Waals surface area contributed by atoms with Gasteiger partial charge in [-0.25, -0.2) is 4.68 Å². The predicted octanol–water partition coefficient (Wildman–Crippen LogP) is 2.39. The molecule has 0 aliphatic heterocycles. The van der Waals surface area contributed by atoms with Gasteiger partial charge in [-0.05, 0) is 12.1 Å². The lowest BCUT2D eigenvalue weighted by molar-refractivity contribution is 0.559. The molecule has 19 heavy (non-hydrogen) atoms. The van der Waals surface area contributed by atoms with E-state index in [1.807, 2.05) is 60.7 Å². The maximum absolute atomic E-state index is 10.8. The van der Waals surface area contributed by atoms with Crippen LogP contribution >= 0.6 is 0 Å². The van der Waals surface area contributed by atoms with Crippen LogP contribution in [0.5, 0.6) is 0 Å². The Kier molecular flexibility index (Phi) is 2.85. The van der Waals surface area contributed by atoms with Crippen LogP contribution in [0, 0.1) is 0 Å². The van der Waals surface area contributed by atoms with Crippen LogP contribution in [0.25, 0.3) is 17.1 Å². The number of carbonyl (C=O) groups excluding carboxylic acids is 1. The molecule has 0 unspecified atom stereocenters. The molecule has 0 saturated heterocycles. The normalized spacial score (nSPS) is 10.1. The van der Waals surface area contributed by atoms with Crippen molar-refractivity contribution >= 4 is 6.29 Å². The highest BCUT2D eigenvalue weighted by Gasteiger charge is 2.21. The standard InChI is InChI=1S/C15H10N3O/c19-11-14-16-15(12-7-3-1-4-8-12)18(17-14)13-9-5-2-6-10-13/h1-10H/q+1. The van der Waals surface area contributed by atoms with Crippen LogP contribution in [-0.4, -0.2) is 21.1 Å². The monoisotopic (exact) mass is 248 g/mol. The molecule has 0 aliphatic rings. The van der Waals surface area contributed by atoms with E-state index < -0.39 is 0 Å². The van der Waals surface area contributed by atoms with Gasteiger partial charge in [-0.15, -0.1) is 0 Å². The van der Waals surface area contributed by atoms with Crippen molar-refractivity contribution in [3.63, 3.8) is 0 Å². The van der Waals surface area contributed by atoms with Crippen LogP contribution in [0.4, 0.5) is 0 Å². The van der Waals surface area contributed by atoms with E-state index in [1.165, 1.54) is 0 Å². The van der Waals surface area contributed by atoms with E-state index in [0.29, 0.717) is 5.82 Å². The zero-order valence-corrected chi connectivity index (χ0v) is 10.0. The van der Waals surface area contributed by atoms with Gasteiger partial charge in [0.2, 0.25) is 0 Å². The Morgan fingerprint density at radius 1 is 0.895 bits per heavy atom. The van der Waals surface area contributed by atoms with Crippen molar-refractivity contribution in [2.24, 2.45) is 0 Å². The van der Waals surface area contributed by atoms with Crippen LogP contribution in [0.15, 0.2) is 60.7 Å². The van der Waals surface area contributed by atoms with Crippen molar-refractivity contribution < 1.29 is 4.79 Å². The highest BCUT2D eigenvalue weighted by Crippen LogP contribution is 2.20. The van der Waals surface area contributed by atoms with Gasteiger partial charge in [0, 0.05) is 10.4 Å². The van der Waals surface area contributed by atoms with E-state index in [-0.39, 0.29) is 5.82 Å². The second-order valence-electron chi connectivity index (χ2n) is 3.97. The summed E-state index contributed by atoms with van der Waals surface area (Å²) in [6.07, 6.45) is 1.73. The van der Waals surface area contributed by atoms with Crippen molar-refractivity contribution in [1.29, 1.82) is 0 Å². The fourth-order valence-corrected chi connectivity index (χ4v) is 1.88. The van der Waals surface area contributed by atoms with Gasteiger partial charge < -0.3 is 0 Å². The van der Waals surface area contributed by atoms with Crippen LogP contribution in [0.2, 0.25) is 0 Å². The molecule has 2 aromatic carbocycles. The third-order valence-electron chi connectivity index (χ3n) is 2.73. The quantitative estimate of drug-likeness (QED) is 0.669. The van der Waals surface area contributed by atoms with Crippen LogP contribution in [0.3, 0.4) is 0 Å². The summed E-state index contributed by atoms with van der Waals surface area (Å²) in [5.41, 5.74) is 1.76. The van der Waals surface area contributed by atoms with Gasteiger partial charge >= 0.3 is 12.1 Å². The molecule has 0 amide bonds. The SMILES string of the molecule is O=[C+]c1nc(-c2ccccc2)n(-c2ccccc2)n1. The molecule has 3 rings (SSSR count). The van der Waals surface area contributed by atoms with Crippen molar-refractivity contribution in [2.75, 3.05) is 0 Å². The van der Waals surface area contributed by atoms with Gasteiger partial charge in [0.15, 0.2) is 5.82 Å². The lowest BCUT2D eigenvalue weighted by Gasteiger charge is -2.04. The Balaban J connectivity index is 2.19. The summed E-state index contributed by atoms with van der Waals surface area (Å²) in [6, 6.07) is 19.2. The van der Waals surface area contributed by atoms with E-state index in [0.717, 1.165) is 11.3 Å². The van der Waals surface area contributed by atoms with Gasteiger partial charge in [-0.1, -0.05) is 53.6 Å². The number of hydrogen-bond acceptors (Lipinski definition) is 3. The summed E-state index contributed by atoms with van der Waals surface area (Å²) < 4.78 is 1.65. The van der Waals surface area contributed by atoms with Crippen molar-refractivity contribution in [3.8, 4) is 17.1 Å². The van der Waals surface area contributed by atoms with Gasteiger partial charge in [-0.2, -0.15) is 4.98 Å². The third-order valence-corrected chi connectivity index (χ3v) is 2.73. The Labute approximate surface area is 110 Å². The molecule has 1 heterocycles. The smallest absolute Gasteiger partial charge is 0.208 e. The maximum atomic E-state index is 10.8. The third kappa shape index (κ3) is 2.12. The first-order valence-corrected chi connectivity index (χ1v) is 5.84. The second-order valence-corrected chi connectivity index (χ2v) is 3.97. The number of para-hydroxylation sites is 1. The number of hydrogen-bond donors (Lipinski definition) is 0. The van der Waals surface area contributed by atoms with Gasteiger partial charge in [0.25, 0.3) is 0 Å². The minimum atomic E-state index is 0.0581. The largest absolute Gasteiger partial charge is 0.599 e. The van der Waals surface area contributed by atoms with Gasteiger partial charge in [0.05, 0.1) is 5.69 Å². The topological polar surface area (TPSA) is 47.8 Å². The van der Waals surface area contributed by atoms with Crippen molar-refractivity contribution in [1.82, 2.24) is 14.8 Å². The molecule has 0 aliphatic carbocycles. The first kappa shape index (κ1) is 11.3. The van der Waals surface area contributed by atoms with Crippen molar-refractivity contribution in [3.05, 3.63) is 66.5 Å². The first-order chi connectivity index (χ1) is 9.38. The van der Waals surface area contributed by atoms with E-state index in [4.69, 9.17) is 0 Å². The van der Waals surface area contributed by atoms with Gasteiger partial charge in [-0.3, -0.25) is 0 Å². The summed E-state index contributed by atoms with van der Waals surface area (Å²) in [5.74, 6) is 0.688. The Morgan fingerprint density at radius 3 is 2.16 bits per heavy atom. The summed E-state index contributed by atoms with van der Waals surface area (Å²) in [5, 5.41) is 4.16.